The third kappa shape index (κ3) is 2.63. The molecular formula is C11H9Cl2NRu. The average molecular weight is 327 g/mol. The Balaban J connectivity index is 2.74. The maximum absolute atomic E-state index is 5.88. The van der Waals surface area contributed by atoms with Gasteiger partial charge in [0.25, 0.3) is 0 Å². The van der Waals surface area contributed by atoms with Gasteiger partial charge in [0.05, 0.1) is 0 Å². The molecule has 4 heteroatoms. The first-order valence-electron chi connectivity index (χ1n) is 4.36. The van der Waals surface area contributed by atoms with Crippen LogP contribution in [0.25, 0.3) is 10.9 Å². The normalized spacial score (nSPS) is 11.5. The van der Waals surface area contributed by atoms with Gasteiger partial charge in [-0.25, -0.2) is 0 Å². The Bertz CT molecular complexity index is 533. The van der Waals surface area contributed by atoms with E-state index in [0.29, 0.717) is 0 Å². The molecule has 0 fully saturated rings. The van der Waals surface area contributed by atoms with Gasteiger partial charge in [-0.1, -0.05) is 0 Å². The molecule has 1 nitrogen and oxygen atoms in total. The van der Waals surface area contributed by atoms with Gasteiger partial charge in [-0.3, -0.25) is 0 Å². The molecule has 0 saturated carbocycles. The molecule has 0 N–H and O–H groups in total. The molecule has 0 aliphatic heterocycles. The van der Waals surface area contributed by atoms with Crippen molar-refractivity contribution in [3.63, 3.8) is 0 Å². The number of halogens is 2. The van der Waals surface area contributed by atoms with Crippen molar-refractivity contribution in [2.75, 3.05) is 0 Å². The van der Waals surface area contributed by atoms with Crippen molar-refractivity contribution in [2.45, 2.75) is 6.92 Å². The quantitative estimate of drug-likeness (QED) is 0.729. The Morgan fingerprint density at radius 1 is 1.20 bits per heavy atom. The second-order valence-electron chi connectivity index (χ2n) is 3.18. The molecule has 0 unspecified atom stereocenters. The second-order valence-corrected chi connectivity index (χ2v) is 8.90. The predicted octanol–water partition coefficient (Wildman–Crippen LogP) is 3.62. The number of hydrogen-bond donors (Lipinski definition) is 0. The van der Waals surface area contributed by atoms with Crippen LogP contribution in [0.15, 0.2) is 30.3 Å². The summed E-state index contributed by atoms with van der Waals surface area (Å²) in [5, 5.41) is 1.12. The standard InChI is InChI=1S/C11H9N.2ClH.Ru/c1-8-4-3-5-10-7-6-9(2)12-11(8)10;;;/h1,3-7H,2H3;2*1H;/q;;;+2/p-2. The van der Waals surface area contributed by atoms with Crippen LogP contribution in [0.5, 0.6) is 0 Å². The van der Waals surface area contributed by atoms with Gasteiger partial charge < -0.3 is 0 Å². The fraction of sp³-hybridized carbons (Fsp3) is 0.0909. The number of benzene rings is 1. The van der Waals surface area contributed by atoms with Gasteiger partial charge in [0, 0.05) is 0 Å². The molecule has 0 spiro atoms. The van der Waals surface area contributed by atoms with Crippen molar-refractivity contribution in [3.05, 3.63) is 41.6 Å². The average Bonchev–Trinajstić information content (AvgIpc) is 2.18. The van der Waals surface area contributed by atoms with E-state index in [9.17, 15) is 0 Å². The maximum atomic E-state index is 5.88. The van der Waals surface area contributed by atoms with Gasteiger partial charge in [-0.15, -0.1) is 0 Å². The van der Waals surface area contributed by atoms with Crippen LogP contribution in [0.4, 0.5) is 0 Å². The van der Waals surface area contributed by atoms with E-state index in [1.54, 1.807) is 0 Å². The molecule has 1 heterocycles. The summed E-state index contributed by atoms with van der Waals surface area (Å²) in [5.74, 6) is 0. The number of para-hydroxylation sites is 1. The summed E-state index contributed by atoms with van der Waals surface area (Å²) in [6.07, 6.45) is 0. The molecule has 0 atom stereocenters. The number of fused-ring (bicyclic) bond motifs is 1. The number of aryl methyl sites for hydroxylation is 1. The Morgan fingerprint density at radius 3 is 2.73 bits per heavy atom. The monoisotopic (exact) mass is 327 g/mol. The van der Waals surface area contributed by atoms with E-state index in [-0.39, 0.29) is 0 Å². The topological polar surface area (TPSA) is 12.9 Å². The van der Waals surface area contributed by atoms with E-state index in [1.165, 1.54) is 0 Å². The zero-order valence-electron chi connectivity index (χ0n) is 8.02. The minimum absolute atomic E-state index is 0.984. The van der Waals surface area contributed by atoms with Gasteiger partial charge in [0.2, 0.25) is 0 Å². The Morgan fingerprint density at radius 2 is 2.00 bits per heavy atom. The Labute approximate surface area is 102 Å². The summed E-state index contributed by atoms with van der Waals surface area (Å²) in [7, 11) is 11.8. The van der Waals surface area contributed by atoms with E-state index in [4.69, 9.17) is 19.4 Å². The van der Waals surface area contributed by atoms with Crippen LogP contribution in [0, 0.1) is 6.92 Å². The third-order valence-corrected chi connectivity index (χ3v) is 3.91. The molecular weight excluding hydrogens is 318 g/mol. The van der Waals surface area contributed by atoms with Crippen molar-refractivity contribution in [1.82, 2.24) is 4.98 Å². The second kappa shape index (κ2) is 4.69. The molecule has 0 bridgehead atoms. The van der Waals surface area contributed by atoms with Crippen molar-refractivity contribution in [1.29, 1.82) is 0 Å². The van der Waals surface area contributed by atoms with E-state index < -0.39 is 13.5 Å². The molecule has 1 aromatic heterocycles. The van der Waals surface area contributed by atoms with E-state index in [2.05, 4.69) is 11.1 Å². The summed E-state index contributed by atoms with van der Waals surface area (Å²) in [6.45, 7) is 1.98. The van der Waals surface area contributed by atoms with Crippen LogP contribution < -0.4 is 0 Å². The molecule has 0 radical (unpaired) electrons. The van der Waals surface area contributed by atoms with Crippen LogP contribution in [0.1, 0.15) is 11.3 Å². The van der Waals surface area contributed by atoms with Gasteiger partial charge in [0.1, 0.15) is 0 Å². The van der Waals surface area contributed by atoms with Gasteiger partial charge in [-0.05, 0) is 0 Å². The zero-order chi connectivity index (χ0) is 10.8. The minimum atomic E-state index is -1.78. The number of aromatic nitrogens is 1. The Kier molecular flexibility index (Phi) is 3.50. The van der Waals surface area contributed by atoms with Gasteiger partial charge in [0.15, 0.2) is 0 Å². The van der Waals surface area contributed by atoms with Gasteiger partial charge in [-0.2, -0.15) is 0 Å². The molecule has 80 valence electrons. The van der Waals surface area contributed by atoms with E-state index in [1.807, 2.05) is 35.8 Å². The van der Waals surface area contributed by atoms with Crippen LogP contribution >= 0.6 is 19.4 Å². The van der Waals surface area contributed by atoms with Crippen molar-refractivity contribution in [2.24, 2.45) is 0 Å². The van der Waals surface area contributed by atoms with Crippen LogP contribution in [-0.4, -0.2) is 9.59 Å². The molecule has 0 aliphatic rings. The molecule has 15 heavy (non-hydrogen) atoms. The third-order valence-electron chi connectivity index (χ3n) is 2.08. The zero-order valence-corrected chi connectivity index (χ0v) is 11.3. The fourth-order valence-corrected chi connectivity index (χ4v) is 3.23. The molecule has 1 aromatic carbocycles. The predicted molar refractivity (Wildman–Crippen MR) is 63.4 cm³/mol. The Hall–Kier alpha value is -0.297. The van der Waals surface area contributed by atoms with E-state index >= 15 is 0 Å². The van der Waals surface area contributed by atoms with E-state index in [0.717, 1.165) is 22.2 Å². The summed E-state index contributed by atoms with van der Waals surface area (Å²) in [4.78, 5) is 4.50. The number of rotatable bonds is 1. The summed E-state index contributed by atoms with van der Waals surface area (Å²) in [5.41, 5.74) is 3.03. The van der Waals surface area contributed by atoms with Crippen molar-refractivity contribution < 1.29 is 13.5 Å². The summed E-state index contributed by atoms with van der Waals surface area (Å²) >= 11 is -1.78. The molecule has 2 aromatic rings. The first-order valence-corrected chi connectivity index (χ1v) is 9.84. The van der Waals surface area contributed by atoms with Crippen LogP contribution in [0.2, 0.25) is 0 Å². The molecule has 0 aliphatic carbocycles. The van der Waals surface area contributed by atoms with Crippen molar-refractivity contribution in [3.8, 4) is 0 Å². The number of pyridine rings is 1. The summed E-state index contributed by atoms with van der Waals surface area (Å²) < 4.78 is 1.93. The fourth-order valence-electron chi connectivity index (χ4n) is 1.43. The number of nitrogens with zero attached hydrogens (tertiary/aromatic N) is 1. The number of hydrogen-bond acceptors (Lipinski definition) is 1. The first-order chi connectivity index (χ1) is 7.16. The molecule has 0 saturated heterocycles. The molecule has 0 amide bonds. The first kappa shape index (κ1) is 11.2. The van der Waals surface area contributed by atoms with Crippen LogP contribution in [-0.2, 0) is 13.5 Å². The SMILES string of the molecule is Cc1ccc2cccc([CH]=[Ru]([Cl])[Cl])c2n1. The van der Waals surface area contributed by atoms with Crippen molar-refractivity contribution >= 4 is 34.9 Å². The molecule has 2 rings (SSSR count). The van der Waals surface area contributed by atoms with Gasteiger partial charge >= 0.3 is 102 Å². The summed E-state index contributed by atoms with van der Waals surface area (Å²) in [6, 6.07) is 10.1. The van der Waals surface area contributed by atoms with Crippen LogP contribution in [0.3, 0.4) is 0 Å².